The summed E-state index contributed by atoms with van der Waals surface area (Å²) in [7, 11) is 0. The molecule has 2 heteroatoms. The van der Waals surface area contributed by atoms with E-state index in [-0.39, 0.29) is 11.8 Å². The second kappa shape index (κ2) is 4.65. The highest BCUT2D eigenvalue weighted by Gasteiger charge is 2.18. The van der Waals surface area contributed by atoms with Gasteiger partial charge in [0.2, 0.25) is 5.91 Å². The molecule has 2 nitrogen and oxygen atoms in total. The third kappa shape index (κ3) is 2.30. The number of rotatable bonds is 4. The van der Waals surface area contributed by atoms with Crippen molar-refractivity contribution < 1.29 is 4.79 Å². The highest BCUT2D eigenvalue weighted by Crippen LogP contribution is 2.24. The first-order valence-electron chi connectivity index (χ1n) is 5.24. The van der Waals surface area contributed by atoms with E-state index in [4.69, 9.17) is 5.73 Å². The van der Waals surface area contributed by atoms with Crippen LogP contribution in [0.1, 0.15) is 17.9 Å². The molecular formula is C14H13NO. The molecule has 2 N–H and O–H groups in total. The Morgan fingerprint density at radius 3 is 2.62 bits per heavy atom. The van der Waals surface area contributed by atoms with Gasteiger partial charge in [0.25, 0.3) is 0 Å². The van der Waals surface area contributed by atoms with Gasteiger partial charge in [-0.3, -0.25) is 4.79 Å². The second-order valence-electron chi connectivity index (χ2n) is 3.77. The van der Waals surface area contributed by atoms with Crippen molar-refractivity contribution in [2.45, 2.75) is 12.3 Å². The number of hydrogen-bond acceptors (Lipinski definition) is 1. The largest absolute Gasteiger partial charge is 0.369 e. The maximum Gasteiger partial charge on any atom is 0.225 e. The van der Waals surface area contributed by atoms with Gasteiger partial charge >= 0.3 is 0 Å². The summed E-state index contributed by atoms with van der Waals surface area (Å²) >= 11 is 0. The standard InChI is InChI=1S/C14H13NO/c15-14(16)13(10-11-6-4-5-7-11)12-8-2-1-3-9-12/h1-6,8-9,13H,10H2,(H2,15,16). The lowest BCUT2D eigenvalue weighted by molar-refractivity contribution is -0.119. The number of primary amides is 1. The van der Waals surface area contributed by atoms with Crippen molar-refractivity contribution in [2.24, 2.45) is 5.73 Å². The summed E-state index contributed by atoms with van der Waals surface area (Å²) in [4.78, 5) is 11.4. The van der Waals surface area contributed by atoms with Crippen LogP contribution in [0.2, 0.25) is 0 Å². The summed E-state index contributed by atoms with van der Waals surface area (Å²) < 4.78 is 0. The van der Waals surface area contributed by atoms with Crippen LogP contribution in [0.3, 0.4) is 0 Å². The van der Waals surface area contributed by atoms with Crippen molar-refractivity contribution in [1.82, 2.24) is 0 Å². The molecular weight excluding hydrogens is 198 g/mol. The highest BCUT2D eigenvalue weighted by atomic mass is 16.1. The molecule has 80 valence electrons. The Bertz CT molecular complexity index is 479. The minimum Gasteiger partial charge on any atom is -0.369 e. The van der Waals surface area contributed by atoms with Gasteiger partial charge in [0.15, 0.2) is 0 Å². The molecule has 0 saturated heterocycles. The van der Waals surface area contributed by atoms with Crippen LogP contribution < -0.4 is 5.73 Å². The fourth-order valence-corrected chi connectivity index (χ4v) is 1.78. The van der Waals surface area contributed by atoms with Gasteiger partial charge in [-0.2, -0.15) is 0 Å². The first kappa shape index (κ1) is 10.5. The van der Waals surface area contributed by atoms with Crippen LogP contribution in [-0.2, 0) is 4.79 Å². The summed E-state index contributed by atoms with van der Waals surface area (Å²) in [6.07, 6.45) is 6.34. The predicted molar refractivity (Wildman–Crippen MR) is 63.7 cm³/mol. The summed E-state index contributed by atoms with van der Waals surface area (Å²) in [5.74, 6) is -0.555. The van der Waals surface area contributed by atoms with Crippen LogP contribution in [0.25, 0.3) is 0 Å². The number of nitrogens with two attached hydrogens (primary N) is 1. The number of carbonyl (C=O) groups excluding carboxylic acids is 1. The van der Waals surface area contributed by atoms with E-state index in [9.17, 15) is 4.79 Å². The van der Waals surface area contributed by atoms with Crippen molar-refractivity contribution in [3.05, 3.63) is 65.4 Å². The van der Waals surface area contributed by atoms with Gasteiger partial charge in [0, 0.05) is 0 Å². The lowest BCUT2D eigenvalue weighted by Crippen LogP contribution is -2.21. The van der Waals surface area contributed by atoms with E-state index in [1.54, 1.807) is 0 Å². The van der Waals surface area contributed by atoms with E-state index in [1.807, 2.05) is 48.6 Å². The van der Waals surface area contributed by atoms with Gasteiger partial charge in [-0.1, -0.05) is 42.5 Å². The SMILES string of the molecule is NC(=O)C(CC1=C=CC=C1)c1ccccc1. The Morgan fingerprint density at radius 2 is 2.06 bits per heavy atom. The molecule has 0 spiro atoms. The molecule has 0 saturated carbocycles. The van der Waals surface area contributed by atoms with Gasteiger partial charge in [-0.25, -0.2) is 0 Å². The normalized spacial score (nSPS) is 14.9. The Balaban J connectivity index is 2.22. The van der Waals surface area contributed by atoms with E-state index >= 15 is 0 Å². The average molecular weight is 211 g/mol. The molecule has 0 aromatic heterocycles. The smallest absolute Gasteiger partial charge is 0.225 e. The number of hydrogen-bond donors (Lipinski definition) is 1. The number of benzene rings is 1. The molecule has 0 fully saturated rings. The van der Waals surface area contributed by atoms with Crippen LogP contribution in [0.4, 0.5) is 0 Å². The van der Waals surface area contributed by atoms with Gasteiger partial charge in [-0.15, -0.1) is 5.73 Å². The van der Waals surface area contributed by atoms with Crippen molar-refractivity contribution in [1.29, 1.82) is 0 Å². The molecule has 0 heterocycles. The zero-order valence-electron chi connectivity index (χ0n) is 8.89. The lowest BCUT2D eigenvalue weighted by Gasteiger charge is -2.12. The zero-order chi connectivity index (χ0) is 11.4. The predicted octanol–water partition coefficient (Wildman–Crippen LogP) is 2.30. The topological polar surface area (TPSA) is 43.1 Å². The van der Waals surface area contributed by atoms with Gasteiger partial charge < -0.3 is 5.73 Å². The maximum atomic E-state index is 11.4. The van der Waals surface area contributed by atoms with Crippen molar-refractivity contribution in [2.75, 3.05) is 0 Å². The molecule has 1 aromatic carbocycles. The number of carbonyl (C=O) groups is 1. The summed E-state index contributed by atoms with van der Waals surface area (Å²) in [5, 5.41) is 0. The third-order valence-electron chi connectivity index (χ3n) is 2.63. The van der Waals surface area contributed by atoms with Crippen LogP contribution in [-0.4, -0.2) is 5.91 Å². The zero-order valence-corrected chi connectivity index (χ0v) is 8.89. The van der Waals surface area contributed by atoms with E-state index in [0.29, 0.717) is 6.42 Å². The molecule has 1 aliphatic rings. The Morgan fingerprint density at radius 1 is 1.31 bits per heavy atom. The minimum absolute atomic E-state index is 0.264. The van der Waals surface area contributed by atoms with E-state index < -0.39 is 0 Å². The molecule has 0 bridgehead atoms. The first-order chi connectivity index (χ1) is 7.77. The Hall–Kier alpha value is -2.05. The van der Waals surface area contributed by atoms with E-state index in [2.05, 4.69) is 5.73 Å². The molecule has 0 radical (unpaired) electrons. The summed E-state index contributed by atoms with van der Waals surface area (Å²) in [5.41, 5.74) is 10.5. The average Bonchev–Trinajstić information content (AvgIpc) is 2.79. The molecule has 2 rings (SSSR count). The lowest BCUT2D eigenvalue weighted by atomic mass is 9.92. The van der Waals surface area contributed by atoms with Gasteiger partial charge in [0.05, 0.1) is 5.92 Å². The Labute approximate surface area is 94.8 Å². The first-order valence-corrected chi connectivity index (χ1v) is 5.24. The van der Waals surface area contributed by atoms with E-state index in [0.717, 1.165) is 11.1 Å². The molecule has 16 heavy (non-hydrogen) atoms. The molecule has 1 aromatic rings. The van der Waals surface area contributed by atoms with Crippen LogP contribution >= 0.6 is 0 Å². The highest BCUT2D eigenvalue weighted by molar-refractivity contribution is 5.82. The van der Waals surface area contributed by atoms with Crippen molar-refractivity contribution in [3.8, 4) is 0 Å². The van der Waals surface area contributed by atoms with Crippen LogP contribution in [0.5, 0.6) is 0 Å². The molecule has 1 unspecified atom stereocenters. The quantitative estimate of drug-likeness (QED) is 0.763. The summed E-state index contributed by atoms with van der Waals surface area (Å²) in [6, 6.07) is 9.62. The van der Waals surface area contributed by atoms with Crippen LogP contribution in [0, 0.1) is 0 Å². The maximum absolute atomic E-state index is 11.4. The second-order valence-corrected chi connectivity index (χ2v) is 3.77. The van der Waals surface area contributed by atoms with Gasteiger partial charge in [0.1, 0.15) is 0 Å². The minimum atomic E-state index is -0.291. The monoisotopic (exact) mass is 211 g/mol. The third-order valence-corrected chi connectivity index (χ3v) is 2.63. The molecule has 1 atom stereocenters. The Kier molecular flexibility index (Phi) is 3.04. The van der Waals surface area contributed by atoms with Gasteiger partial charge in [-0.05, 0) is 23.6 Å². The van der Waals surface area contributed by atoms with Crippen molar-refractivity contribution in [3.63, 3.8) is 0 Å². The molecule has 1 amide bonds. The van der Waals surface area contributed by atoms with Crippen LogP contribution in [0.15, 0.2) is 59.9 Å². The fourth-order valence-electron chi connectivity index (χ4n) is 1.78. The molecule has 1 aliphatic carbocycles. The van der Waals surface area contributed by atoms with E-state index in [1.165, 1.54) is 0 Å². The number of amides is 1. The summed E-state index contributed by atoms with van der Waals surface area (Å²) in [6.45, 7) is 0. The fraction of sp³-hybridized carbons (Fsp3) is 0.143. The van der Waals surface area contributed by atoms with Crippen molar-refractivity contribution >= 4 is 5.91 Å². The number of allylic oxidation sites excluding steroid dienone is 3. The molecule has 0 aliphatic heterocycles.